The molecular formula is C19H28N2O. The van der Waals surface area contributed by atoms with E-state index in [2.05, 4.69) is 30.3 Å². The maximum absolute atomic E-state index is 10.7. The summed E-state index contributed by atoms with van der Waals surface area (Å²) in [6, 6.07) is 8.79. The monoisotopic (exact) mass is 300 g/mol. The molecule has 0 atom stereocenters. The molecule has 0 unspecified atom stereocenters. The Kier molecular flexibility index (Phi) is 6.66. The molecule has 0 bridgehead atoms. The summed E-state index contributed by atoms with van der Waals surface area (Å²) >= 11 is 0. The molecule has 120 valence electrons. The lowest BCUT2D eigenvalue weighted by molar-refractivity contribution is -0.118. The van der Waals surface area contributed by atoms with Crippen molar-refractivity contribution in [2.45, 2.75) is 51.4 Å². The molecule has 0 aromatic heterocycles. The smallest absolute Gasteiger partial charge is 0.217 e. The lowest BCUT2D eigenvalue weighted by Gasteiger charge is -2.22. The lowest BCUT2D eigenvalue weighted by atomic mass is 9.85. The summed E-state index contributed by atoms with van der Waals surface area (Å²) in [5.41, 5.74) is 15.1. The highest BCUT2D eigenvalue weighted by Crippen LogP contribution is 2.29. The van der Waals surface area contributed by atoms with E-state index in [1.54, 1.807) is 5.57 Å². The van der Waals surface area contributed by atoms with E-state index in [1.807, 2.05) is 0 Å². The van der Waals surface area contributed by atoms with Crippen LogP contribution in [-0.4, -0.2) is 12.5 Å². The van der Waals surface area contributed by atoms with Gasteiger partial charge in [-0.2, -0.15) is 0 Å². The average molecular weight is 300 g/mol. The molecule has 3 heteroatoms. The van der Waals surface area contributed by atoms with E-state index in [9.17, 15) is 4.79 Å². The first kappa shape index (κ1) is 16.8. The zero-order valence-electron chi connectivity index (χ0n) is 13.4. The first-order chi connectivity index (χ1) is 10.7. The van der Waals surface area contributed by atoms with Crippen molar-refractivity contribution in [3.8, 4) is 0 Å². The Hall–Kier alpha value is -1.61. The molecule has 0 aliphatic heterocycles. The van der Waals surface area contributed by atoms with Crippen molar-refractivity contribution in [2.75, 3.05) is 6.54 Å². The normalized spacial score (nSPS) is 18.2. The zero-order chi connectivity index (χ0) is 15.8. The number of carbonyl (C=O) groups excluding carboxylic acids is 1. The summed E-state index contributed by atoms with van der Waals surface area (Å²) in [7, 11) is 0. The van der Waals surface area contributed by atoms with Gasteiger partial charge in [-0.15, -0.1) is 0 Å². The number of primary amides is 1. The van der Waals surface area contributed by atoms with E-state index in [-0.39, 0.29) is 5.91 Å². The summed E-state index contributed by atoms with van der Waals surface area (Å²) in [6.45, 7) is 0.831. The molecule has 22 heavy (non-hydrogen) atoms. The van der Waals surface area contributed by atoms with Crippen molar-refractivity contribution in [1.82, 2.24) is 0 Å². The molecule has 1 aliphatic rings. The summed E-state index contributed by atoms with van der Waals surface area (Å²) in [6.07, 6.45) is 10.6. The molecule has 0 radical (unpaired) electrons. The van der Waals surface area contributed by atoms with E-state index in [1.165, 1.54) is 36.8 Å². The van der Waals surface area contributed by atoms with Crippen molar-refractivity contribution in [3.05, 3.63) is 41.0 Å². The van der Waals surface area contributed by atoms with Gasteiger partial charge >= 0.3 is 0 Å². The van der Waals surface area contributed by atoms with Crippen LogP contribution < -0.4 is 11.5 Å². The van der Waals surface area contributed by atoms with Crippen LogP contribution in [0, 0.1) is 5.92 Å². The third-order valence-electron chi connectivity index (χ3n) is 4.57. The fourth-order valence-corrected chi connectivity index (χ4v) is 3.07. The predicted molar refractivity (Wildman–Crippen MR) is 92.2 cm³/mol. The average Bonchev–Trinajstić information content (AvgIpc) is 2.54. The molecular weight excluding hydrogens is 272 g/mol. The fraction of sp³-hybridized carbons (Fsp3) is 0.526. The Morgan fingerprint density at radius 1 is 1.14 bits per heavy atom. The molecule has 0 saturated heterocycles. The number of unbranched alkanes of at least 4 members (excludes halogenated alkanes) is 1. The Bertz CT molecular complexity index is 495. The first-order valence-electron chi connectivity index (χ1n) is 8.44. The Morgan fingerprint density at radius 3 is 2.41 bits per heavy atom. The number of aryl methyl sites for hydroxylation is 1. The molecule has 3 nitrogen and oxygen atoms in total. The van der Waals surface area contributed by atoms with Crippen molar-refractivity contribution in [2.24, 2.45) is 17.4 Å². The molecule has 0 spiro atoms. The van der Waals surface area contributed by atoms with Crippen molar-refractivity contribution >= 4 is 12.0 Å². The number of hydrogen-bond acceptors (Lipinski definition) is 2. The van der Waals surface area contributed by atoms with Crippen molar-refractivity contribution in [1.29, 1.82) is 0 Å². The second-order valence-electron chi connectivity index (χ2n) is 6.40. The predicted octanol–water partition coefficient (Wildman–Crippen LogP) is 3.42. The summed E-state index contributed by atoms with van der Waals surface area (Å²) in [5, 5.41) is 0. The van der Waals surface area contributed by atoms with Crippen LogP contribution in [0.25, 0.3) is 6.08 Å². The van der Waals surface area contributed by atoms with Crippen LogP contribution in [0.1, 0.15) is 56.1 Å². The third kappa shape index (κ3) is 5.64. The molecule has 1 fully saturated rings. The zero-order valence-corrected chi connectivity index (χ0v) is 13.4. The van der Waals surface area contributed by atoms with Crippen LogP contribution in [0.5, 0.6) is 0 Å². The second-order valence-corrected chi connectivity index (χ2v) is 6.40. The van der Waals surface area contributed by atoms with Gasteiger partial charge in [0.25, 0.3) is 0 Å². The molecule has 1 aromatic carbocycles. The van der Waals surface area contributed by atoms with Crippen molar-refractivity contribution in [3.63, 3.8) is 0 Å². The molecule has 4 N–H and O–H groups in total. The van der Waals surface area contributed by atoms with Crippen LogP contribution in [0.15, 0.2) is 29.8 Å². The van der Waals surface area contributed by atoms with Gasteiger partial charge in [-0.25, -0.2) is 0 Å². The Balaban J connectivity index is 1.80. The van der Waals surface area contributed by atoms with E-state index in [0.717, 1.165) is 31.7 Å². The SMILES string of the molecule is NCC1CCC(=Cc2ccc(CCCCC(N)=O)cc2)CC1. The van der Waals surface area contributed by atoms with Gasteiger partial charge in [-0.1, -0.05) is 35.9 Å². The van der Waals surface area contributed by atoms with Gasteiger partial charge in [-0.05, 0) is 68.5 Å². The molecule has 2 rings (SSSR count). The van der Waals surface area contributed by atoms with Gasteiger partial charge < -0.3 is 11.5 Å². The maximum atomic E-state index is 10.7. The van der Waals surface area contributed by atoms with Crippen LogP contribution in [0.4, 0.5) is 0 Å². The van der Waals surface area contributed by atoms with Crippen LogP contribution >= 0.6 is 0 Å². The molecule has 1 saturated carbocycles. The highest BCUT2D eigenvalue weighted by molar-refractivity contribution is 5.73. The minimum absolute atomic E-state index is 0.202. The highest BCUT2D eigenvalue weighted by Gasteiger charge is 2.14. The highest BCUT2D eigenvalue weighted by atomic mass is 16.1. The van der Waals surface area contributed by atoms with E-state index < -0.39 is 0 Å². The minimum atomic E-state index is -0.202. The third-order valence-corrected chi connectivity index (χ3v) is 4.57. The summed E-state index contributed by atoms with van der Waals surface area (Å²) in [5.74, 6) is 0.520. The number of nitrogens with two attached hydrogens (primary N) is 2. The second kappa shape index (κ2) is 8.74. The van der Waals surface area contributed by atoms with Gasteiger partial charge in [0.05, 0.1) is 0 Å². The number of amides is 1. The van der Waals surface area contributed by atoms with Crippen LogP contribution in [0.2, 0.25) is 0 Å². The number of allylic oxidation sites excluding steroid dienone is 1. The van der Waals surface area contributed by atoms with Crippen LogP contribution in [-0.2, 0) is 11.2 Å². The van der Waals surface area contributed by atoms with Gasteiger partial charge in [-0.3, -0.25) is 4.79 Å². The lowest BCUT2D eigenvalue weighted by Crippen LogP contribution is -2.17. The van der Waals surface area contributed by atoms with Crippen molar-refractivity contribution < 1.29 is 4.79 Å². The maximum Gasteiger partial charge on any atom is 0.217 e. The summed E-state index contributed by atoms with van der Waals surface area (Å²) in [4.78, 5) is 10.7. The quantitative estimate of drug-likeness (QED) is 0.758. The van der Waals surface area contributed by atoms with Gasteiger partial charge in [0, 0.05) is 6.42 Å². The minimum Gasteiger partial charge on any atom is -0.370 e. The van der Waals surface area contributed by atoms with Gasteiger partial charge in [0.2, 0.25) is 5.91 Å². The first-order valence-corrected chi connectivity index (χ1v) is 8.44. The van der Waals surface area contributed by atoms with E-state index >= 15 is 0 Å². The molecule has 1 amide bonds. The number of rotatable bonds is 7. The Labute approximate surface area is 133 Å². The Morgan fingerprint density at radius 2 is 1.82 bits per heavy atom. The standard InChI is InChI=1S/C19H28N2O/c20-14-18-11-9-17(10-12-18)13-16-7-5-15(6-8-16)3-1-2-4-19(21)22/h5-8,13,18H,1-4,9-12,14,20H2,(H2,21,22). The topological polar surface area (TPSA) is 69.1 Å². The van der Waals surface area contributed by atoms with Gasteiger partial charge in [0.15, 0.2) is 0 Å². The van der Waals surface area contributed by atoms with E-state index in [4.69, 9.17) is 11.5 Å². The number of hydrogen-bond donors (Lipinski definition) is 2. The molecule has 1 aromatic rings. The van der Waals surface area contributed by atoms with Crippen LogP contribution in [0.3, 0.4) is 0 Å². The number of carbonyl (C=O) groups is 1. The summed E-state index contributed by atoms with van der Waals surface area (Å²) < 4.78 is 0. The molecule has 1 aliphatic carbocycles. The van der Waals surface area contributed by atoms with E-state index in [0.29, 0.717) is 6.42 Å². The van der Waals surface area contributed by atoms with Gasteiger partial charge in [0.1, 0.15) is 0 Å². The fourth-order valence-electron chi connectivity index (χ4n) is 3.07. The molecule has 0 heterocycles. The largest absolute Gasteiger partial charge is 0.370 e. The number of benzene rings is 1.